The number of fused-ring (bicyclic) bond motifs is 3. The van der Waals surface area contributed by atoms with Crippen molar-refractivity contribution in [1.82, 2.24) is 19.7 Å². The summed E-state index contributed by atoms with van der Waals surface area (Å²) in [7, 11) is 1.91. The van der Waals surface area contributed by atoms with Gasteiger partial charge in [-0.2, -0.15) is 0 Å². The zero-order valence-electron chi connectivity index (χ0n) is 12.8. The molecule has 2 bridgehead atoms. The van der Waals surface area contributed by atoms with Crippen molar-refractivity contribution in [3.63, 3.8) is 0 Å². The normalized spacial score (nSPS) is 29.9. The first kappa shape index (κ1) is 13.3. The van der Waals surface area contributed by atoms with E-state index in [-0.39, 0.29) is 5.91 Å². The van der Waals surface area contributed by atoms with Crippen LogP contribution in [0.15, 0.2) is 0 Å². The maximum Gasteiger partial charge on any atom is 0.223 e. The van der Waals surface area contributed by atoms with Gasteiger partial charge in [-0.25, -0.2) is 0 Å². The van der Waals surface area contributed by atoms with Crippen molar-refractivity contribution in [2.75, 3.05) is 7.05 Å². The highest BCUT2D eigenvalue weighted by Crippen LogP contribution is 2.49. The molecular formula is C16H24N4O. The average Bonchev–Trinajstić information content (AvgIpc) is 3.19. The van der Waals surface area contributed by atoms with Gasteiger partial charge in [-0.3, -0.25) is 4.79 Å². The summed E-state index contributed by atoms with van der Waals surface area (Å²) in [6.07, 6.45) is 8.32. The van der Waals surface area contributed by atoms with Gasteiger partial charge >= 0.3 is 0 Å². The predicted octanol–water partition coefficient (Wildman–Crippen LogP) is 2.01. The zero-order valence-corrected chi connectivity index (χ0v) is 12.8. The Morgan fingerprint density at radius 1 is 1.33 bits per heavy atom. The molecule has 2 fully saturated rings. The number of rotatable bonds is 4. The summed E-state index contributed by atoms with van der Waals surface area (Å²) in [5, 5.41) is 8.47. The van der Waals surface area contributed by atoms with E-state index in [0.29, 0.717) is 12.5 Å². The number of nitrogens with zero attached hydrogens (tertiary/aromatic N) is 4. The Morgan fingerprint density at radius 3 is 3.00 bits per heavy atom. The highest BCUT2D eigenvalue weighted by Gasteiger charge is 2.40. The Hall–Kier alpha value is -1.39. The minimum atomic E-state index is 0.280. The molecule has 114 valence electrons. The van der Waals surface area contributed by atoms with E-state index in [1.165, 1.54) is 25.7 Å². The maximum absolute atomic E-state index is 12.5. The fourth-order valence-corrected chi connectivity index (χ4v) is 4.63. The van der Waals surface area contributed by atoms with E-state index in [1.54, 1.807) is 0 Å². The number of carbonyl (C=O) groups is 1. The molecule has 0 saturated heterocycles. The molecule has 4 rings (SSSR count). The molecule has 3 unspecified atom stereocenters. The van der Waals surface area contributed by atoms with Gasteiger partial charge in [-0.05, 0) is 43.4 Å². The maximum atomic E-state index is 12.5. The Kier molecular flexibility index (Phi) is 3.23. The van der Waals surface area contributed by atoms with Crippen molar-refractivity contribution in [3.05, 3.63) is 11.6 Å². The van der Waals surface area contributed by atoms with Crippen LogP contribution in [0.5, 0.6) is 0 Å². The van der Waals surface area contributed by atoms with Crippen LogP contribution < -0.4 is 0 Å². The molecule has 2 aliphatic carbocycles. The van der Waals surface area contributed by atoms with Gasteiger partial charge in [0.2, 0.25) is 5.91 Å². The number of hydrogen-bond donors (Lipinski definition) is 0. The summed E-state index contributed by atoms with van der Waals surface area (Å²) in [5.41, 5.74) is 0. The molecule has 3 atom stereocenters. The third-order valence-electron chi connectivity index (χ3n) is 5.81. The van der Waals surface area contributed by atoms with Crippen LogP contribution in [0.25, 0.3) is 0 Å². The van der Waals surface area contributed by atoms with Crippen molar-refractivity contribution in [2.24, 2.45) is 17.8 Å². The Bertz CT molecular complexity index is 552. The Labute approximate surface area is 125 Å². The molecular weight excluding hydrogens is 264 g/mol. The van der Waals surface area contributed by atoms with Crippen molar-refractivity contribution < 1.29 is 4.79 Å². The molecule has 1 aromatic rings. The number of amides is 1. The quantitative estimate of drug-likeness (QED) is 0.851. The van der Waals surface area contributed by atoms with Crippen LogP contribution in [-0.2, 0) is 24.3 Å². The van der Waals surface area contributed by atoms with E-state index in [4.69, 9.17) is 0 Å². The fraction of sp³-hybridized carbons (Fsp3) is 0.812. The fourth-order valence-electron chi connectivity index (χ4n) is 4.63. The van der Waals surface area contributed by atoms with Gasteiger partial charge < -0.3 is 9.47 Å². The molecule has 0 aromatic carbocycles. The van der Waals surface area contributed by atoms with Crippen molar-refractivity contribution in [1.29, 1.82) is 0 Å². The van der Waals surface area contributed by atoms with Gasteiger partial charge in [0.05, 0.1) is 6.54 Å². The van der Waals surface area contributed by atoms with Crippen LogP contribution in [-0.4, -0.2) is 32.6 Å². The standard InChI is InChI=1S/C16H24N4O/c1-19(10-15-18-17-14-3-2-6-20(14)15)16(21)9-13-8-11-4-5-12(13)7-11/h11-13H,2-10H2,1H3. The second-order valence-corrected chi connectivity index (χ2v) is 7.18. The highest BCUT2D eigenvalue weighted by molar-refractivity contribution is 5.76. The number of carbonyl (C=O) groups excluding carboxylic acids is 1. The van der Waals surface area contributed by atoms with E-state index >= 15 is 0 Å². The summed E-state index contributed by atoms with van der Waals surface area (Å²) >= 11 is 0. The molecule has 0 N–H and O–H groups in total. The number of aryl methyl sites for hydroxylation is 1. The topological polar surface area (TPSA) is 51.0 Å². The molecule has 2 saturated carbocycles. The van der Waals surface area contributed by atoms with Crippen LogP contribution in [0, 0.1) is 17.8 Å². The van der Waals surface area contributed by atoms with Gasteiger partial charge in [0.25, 0.3) is 0 Å². The second-order valence-electron chi connectivity index (χ2n) is 7.18. The molecule has 1 amide bonds. The van der Waals surface area contributed by atoms with Crippen LogP contribution in [0.4, 0.5) is 0 Å². The molecule has 3 aliphatic rings. The molecule has 5 heteroatoms. The van der Waals surface area contributed by atoms with Crippen molar-refractivity contribution in [2.45, 2.75) is 58.0 Å². The third kappa shape index (κ3) is 2.36. The van der Waals surface area contributed by atoms with Gasteiger partial charge in [0, 0.05) is 26.4 Å². The Morgan fingerprint density at radius 2 is 2.24 bits per heavy atom. The van der Waals surface area contributed by atoms with Gasteiger partial charge in [-0.1, -0.05) is 6.42 Å². The van der Waals surface area contributed by atoms with E-state index in [1.807, 2.05) is 11.9 Å². The minimum Gasteiger partial charge on any atom is -0.338 e. The third-order valence-corrected chi connectivity index (χ3v) is 5.81. The van der Waals surface area contributed by atoms with Gasteiger partial charge in [0.15, 0.2) is 5.82 Å². The smallest absolute Gasteiger partial charge is 0.223 e. The zero-order chi connectivity index (χ0) is 14.4. The number of aromatic nitrogens is 3. The highest BCUT2D eigenvalue weighted by atomic mass is 16.2. The van der Waals surface area contributed by atoms with E-state index in [9.17, 15) is 4.79 Å². The van der Waals surface area contributed by atoms with Crippen molar-refractivity contribution in [3.8, 4) is 0 Å². The van der Waals surface area contributed by atoms with E-state index in [0.717, 1.165) is 49.3 Å². The first-order valence-corrected chi connectivity index (χ1v) is 8.35. The summed E-state index contributed by atoms with van der Waals surface area (Å²) in [6, 6.07) is 0. The largest absolute Gasteiger partial charge is 0.338 e. The van der Waals surface area contributed by atoms with Gasteiger partial charge in [0.1, 0.15) is 5.82 Å². The SMILES string of the molecule is CN(Cc1nnc2n1CCC2)C(=O)CC1CC2CCC1C2. The molecule has 1 aliphatic heterocycles. The van der Waals surface area contributed by atoms with Crippen LogP contribution in [0.3, 0.4) is 0 Å². The lowest BCUT2D eigenvalue weighted by Crippen LogP contribution is -2.30. The molecule has 21 heavy (non-hydrogen) atoms. The van der Waals surface area contributed by atoms with E-state index < -0.39 is 0 Å². The summed E-state index contributed by atoms with van der Waals surface area (Å²) in [5.74, 6) is 4.69. The van der Waals surface area contributed by atoms with Crippen LogP contribution in [0.1, 0.15) is 50.2 Å². The molecule has 0 spiro atoms. The predicted molar refractivity (Wildman–Crippen MR) is 78.4 cm³/mol. The summed E-state index contributed by atoms with van der Waals surface area (Å²) in [4.78, 5) is 14.3. The Balaban J connectivity index is 1.36. The van der Waals surface area contributed by atoms with Crippen molar-refractivity contribution >= 4 is 5.91 Å². The minimum absolute atomic E-state index is 0.280. The first-order chi connectivity index (χ1) is 10.2. The number of hydrogen-bond acceptors (Lipinski definition) is 3. The lowest BCUT2D eigenvalue weighted by molar-refractivity contribution is -0.132. The molecule has 1 aromatic heterocycles. The molecule has 0 radical (unpaired) electrons. The van der Waals surface area contributed by atoms with E-state index in [2.05, 4.69) is 14.8 Å². The summed E-state index contributed by atoms with van der Waals surface area (Å²) < 4.78 is 2.18. The molecule has 5 nitrogen and oxygen atoms in total. The van der Waals surface area contributed by atoms with Crippen LogP contribution in [0.2, 0.25) is 0 Å². The first-order valence-electron chi connectivity index (χ1n) is 8.35. The monoisotopic (exact) mass is 288 g/mol. The average molecular weight is 288 g/mol. The lowest BCUT2D eigenvalue weighted by Gasteiger charge is -2.24. The summed E-state index contributed by atoms with van der Waals surface area (Å²) in [6.45, 7) is 1.61. The second kappa shape index (κ2) is 5.11. The molecule has 2 heterocycles. The lowest BCUT2D eigenvalue weighted by atomic mass is 9.86. The van der Waals surface area contributed by atoms with Crippen LogP contribution >= 0.6 is 0 Å². The van der Waals surface area contributed by atoms with Gasteiger partial charge in [-0.15, -0.1) is 10.2 Å².